The highest BCUT2D eigenvalue weighted by Gasteiger charge is 2.52. The minimum absolute atomic E-state index is 0.335. The van der Waals surface area contributed by atoms with Crippen LogP contribution in [0.4, 0.5) is 0 Å². The van der Waals surface area contributed by atoms with E-state index in [9.17, 15) is 0 Å². The van der Waals surface area contributed by atoms with E-state index in [0.717, 1.165) is 0 Å². The van der Waals surface area contributed by atoms with Crippen LogP contribution in [0.1, 0.15) is 27.8 Å². The van der Waals surface area contributed by atoms with Crippen molar-refractivity contribution in [2.45, 2.75) is 12.3 Å². The van der Waals surface area contributed by atoms with Crippen LogP contribution in [0.5, 0.6) is 0 Å². The molecule has 0 saturated carbocycles. The Morgan fingerprint density at radius 3 is 1.51 bits per heavy atom. The Balaban J connectivity index is 1.46. The van der Waals surface area contributed by atoms with Crippen molar-refractivity contribution < 1.29 is 0 Å². The third kappa shape index (κ3) is 2.46. The predicted molar refractivity (Wildman–Crippen MR) is 162 cm³/mol. The highest BCUT2D eigenvalue weighted by molar-refractivity contribution is 6.09. The van der Waals surface area contributed by atoms with E-state index in [-0.39, 0.29) is 5.41 Å². The summed E-state index contributed by atoms with van der Waals surface area (Å²) >= 11 is 0. The van der Waals surface area contributed by atoms with Gasteiger partial charge in [0.1, 0.15) is 0 Å². The molecule has 1 nitrogen and oxygen atoms in total. The third-order valence-corrected chi connectivity index (χ3v) is 9.12. The molecule has 1 aromatic heterocycles. The standard InChI is InChI=1S/C38H25N/c1-24-22-25(39-35-20-10-5-14-28(35)29-15-6-11-21-36(29)39)23-34-37(24)30-16-4-9-19-33(30)38(34)31-17-7-2-12-26(31)27-13-3-8-18-32(27)38/h2-23H,1H3. The monoisotopic (exact) mass is 495 g/mol. The second kappa shape index (κ2) is 7.36. The van der Waals surface area contributed by atoms with Gasteiger partial charge in [-0.15, -0.1) is 0 Å². The number of nitrogens with zero attached hydrogens (tertiary/aromatic N) is 1. The van der Waals surface area contributed by atoms with E-state index >= 15 is 0 Å². The van der Waals surface area contributed by atoms with E-state index < -0.39 is 0 Å². The van der Waals surface area contributed by atoms with Crippen molar-refractivity contribution >= 4 is 21.8 Å². The minimum Gasteiger partial charge on any atom is -0.309 e. The fourth-order valence-electron chi connectivity index (χ4n) is 7.74. The van der Waals surface area contributed by atoms with Crippen molar-refractivity contribution in [1.82, 2.24) is 4.57 Å². The molecule has 0 fully saturated rings. The molecule has 7 aromatic rings. The Morgan fingerprint density at radius 1 is 0.462 bits per heavy atom. The second-order valence-corrected chi connectivity index (χ2v) is 10.9. The van der Waals surface area contributed by atoms with Crippen LogP contribution in [-0.4, -0.2) is 4.57 Å². The summed E-state index contributed by atoms with van der Waals surface area (Å²) in [6.07, 6.45) is 0. The van der Waals surface area contributed by atoms with Crippen LogP contribution >= 0.6 is 0 Å². The molecule has 1 heterocycles. The average molecular weight is 496 g/mol. The van der Waals surface area contributed by atoms with Crippen LogP contribution in [0.15, 0.2) is 133 Å². The van der Waals surface area contributed by atoms with Gasteiger partial charge < -0.3 is 4.57 Å². The van der Waals surface area contributed by atoms with Gasteiger partial charge in [0.15, 0.2) is 0 Å². The maximum atomic E-state index is 2.49. The van der Waals surface area contributed by atoms with Crippen molar-refractivity contribution in [3.05, 3.63) is 161 Å². The van der Waals surface area contributed by atoms with Crippen LogP contribution < -0.4 is 0 Å². The zero-order chi connectivity index (χ0) is 25.7. The molecule has 0 bridgehead atoms. The SMILES string of the molecule is Cc1cc(-n2c3ccccc3c3ccccc32)cc2c1-c1ccccc1C21c2ccccc2-c2ccccc21. The molecular formula is C38H25N. The highest BCUT2D eigenvalue weighted by Crippen LogP contribution is 2.63. The molecule has 0 saturated heterocycles. The first-order valence-corrected chi connectivity index (χ1v) is 13.7. The fraction of sp³-hybridized carbons (Fsp3) is 0.0526. The summed E-state index contributed by atoms with van der Waals surface area (Å²) in [4.78, 5) is 0. The third-order valence-electron chi connectivity index (χ3n) is 9.12. The first-order chi connectivity index (χ1) is 19.3. The smallest absolute Gasteiger partial charge is 0.0726 e. The van der Waals surface area contributed by atoms with E-state index in [2.05, 4.69) is 145 Å². The lowest BCUT2D eigenvalue weighted by Gasteiger charge is -2.31. The molecule has 39 heavy (non-hydrogen) atoms. The number of hydrogen-bond acceptors (Lipinski definition) is 0. The fourth-order valence-corrected chi connectivity index (χ4v) is 7.74. The quantitative estimate of drug-likeness (QED) is 0.214. The number of fused-ring (bicyclic) bond motifs is 13. The van der Waals surface area contributed by atoms with Gasteiger partial charge in [0, 0.05) is 16.5 Å². The summed E-state index contributed by atoms with van der Waals surface area (Å²) in [5, 5.41) is 2.58. The van der Waals surface area contributed by atoms with Crippen molar-refractivity contribution in [1.29, 1.82) is 0 Å². The largest absolute Gasteiger partial charge is 0.309 e. The molecule has 0 radical (unpaired) electrons. The number of benzene rings is 6. The predicted octanol–water partition coefficient (Wildman–Crippen LogP) is 9.44. The summed E-state index contributed by atoms with van der Waals surface area (Å²) in [5.74, 6) is 0. The van der Waals surface area contributed by atoms with Crippen molar-refractivity contribution in [3.8, 4) is 27.9 Å². The summed E-state index contributed by atoms with van der Waals surface area (Å²) in [7, 11) is 0. The van der Waals surface area contributed by atoms with Gasteiger partial charge in [-0.1, -0.05) is 109 Å². The van der Waals surface area contributed by atoms with Gasteiger partial charge in [-0.3, -0.25) is 0 Å². The van der Waals surface area contributed by atoms with Gasteiger partial charge in [0.05, 0.1) is 16.4 Å². The summed E-state index contributed by atoms with van der Waals surface area (Å²) in [5.41, 5.74) is 15.7. The number of para-hydroxylation sites is 2. The first-order valence-electron chi connectivity index (χ1n) is 13.7. The second-order valence-electron chi connectivity index (χ2n) is 10.9. The molecular weight excluding hydrogens is 470 g/mol. The molecule has 1 spiro atoms. The van der Waals surface area contributed by atoms with Gasteiger partial charge >= 0.3 is 0 Å². The Kier molecular flexibility index (Phi) is 3.98. The molecule has 0 atom stereocenters. The van der Waals surface area contributed by atoms with Crippen molar-refractivity contribution in [2.24, 2.45) is 0 Å². The van der Waals surface area contributed by atoms with E-state index in [4.69, 9.17) is 0 Å². The molecule has 2 aliphatic rings. The van der Waals surface area contributed by atoms with Crippen LogP contribution in [0.2, 0.25) is 0 Å². The van der Waals surface area contributed by atoms with E-state index in [0.29, 0.717) is 0 Å². The molecule has 0 unspecified atom stereocenters. The number of rotatable bonds is 1. The molecule has 0 N–H and O–H groups in total. The Labute approximate surface area is 227 Å². The number of hydrogen-bond donors (Lipinski definition) is 0. The van der Waals surface area contributed by atoms with Crippen molar-refractivity contribution in [3.63, 3.8) is 0 Å². The zero-order valence-electron chi connectivity index (χ0n) is 21.6. The highest BCUT2D eigenvalue weighted by atomic mass is 15.0. The Bertz CT molecular complexity index is 2040. The lowest BCUT2D eigenvalue weighted by Crippen LogP contribution is -2.26. The molecule has 1 heteroatoms. The van der Waals surface area contributed by atoms with Gasteiger partial charge in [0.2, 0.25) is 0 Å². The topological polar surface area (TPSA) is 4.93 Å². The zero-order valence-corrected chi connectivity index (χ0v) is 21.6. The van der Waals surface area contributed by atoms with Gasteiger partial charge in [-0.25, -0.2) is 0 Å². The molecule has 2 aliphatic carbocycles. The van der Waals surface area contributed by atoms with Gasteiger partial charge in [-0.2, -0.15) is 0 Å². The summed E-state index contributed by atoms with van der Waals surface area (Å²) in [6.45, 7) is 2.29. The minimum atomic E-state index is -0.335. The lowest BCUT2D eigenvalue weighted by atomic mass is 9.70. The van der Waals surface area contributed by atoms with E-state index in [1.165, 1.54) is 77.6 Å². The summed E-state index contributed by atoms with van der Waals surface area (Å²) < 4.78 is 2.46. The number of aryl methyl sites for hydroxylation is 1. The molecule has 6 aromatic carbocycles. The van der Waals surface area contributed by atoms with Crippen LogP contribution in [0, 0.1) is 6.92 Å². The van der Waals surface area contributed by atoms with E-state index in [1.54, 1.807) is 0 Å². The van der Waals surface area contributed by atoms with Gasteiger partial charge in [-0.05, 0) is 81.3 Å². The maximum absolute atomic E-state index is 2.49. The van der Waals surface area contributed by atoms with Crippen molar-refractivity contribution in [2.75, 3.05) is 0 Å². The average Bonchev–Trinajstić information content (AvgIpc) is 3.59. The normalized spacial score (nSPS) is 14.0. The molecule has 0 aliphatic heterocycles. The van der Waals surface area contributed by atoms with E-state index in [1.807, 2.05) is 0 Å². The Hall–Kier alpha value is -4.88. The molecule has 0 amide bonds. The maximum Gasteiger partial charge on any atom is 0.0726 e. The van der Waals surface area contributed by atoms with Crippen LogP contribution in [0.25, 0.3) is 49.7 Å². The van der Waals surface area contributed by atoms with Gasteiger partial charge in [0.25, 0.3) is 0 Å². The number of aromatic nitrogens is 1. The first kappa shape index (κ1) is 21.1. The Morgan fingerprint density at radius 2 is 0.923 bits per heavy atom. The molecule has 182 valence electrons. The van der Waals surface area contributed by atoms with Crippen LogP contribution in [-0.2, 0) is 5.41 Å². The molecule has 9 rings (SSSR count). The summed E-state index contributed by atoms with van der Waals surface area (Å²) in [6, 6.07) is 49.6. The lowest BCUT2D eigenvalue weighted by molar-refractivity contribution is 0.792. The van der Waals surface area contributed by atoms with Crippen LogP contribution in [0.3, 0.4) is 0 Å².